The molecule has 0 bridgehead atoms. The van der Waals surface area contributed by atoms with Gasteiger partial charge >= 0.3 is 0 Å². The van der Waals surface area contributed by atoms with Gasteiger partial charge in [-0.2, -0.15) is 0 Å². The molecule has 0 atom stereocenters. The molecule has 0 radical (unpaired) electrons. The summed E-state index contributed by atoms with van der Waals surface area (Å²) < 4.78 is 5.43. The predicted molar refractivity (Wildman–Crippen MR) is 120 cm³/mol. The van der Waals surface area contributed by atoms with Crippen LogP contribution in [0.4, 0.5) is 11.6 Å². The summed E-state index contributed by atoms with van der Waals surface area (Å²) in [5.41, 5.74) is 3.12. The molecule has 3 aromatic rings. The van der Waals surface area contributed by atoms with Gasteiger partial charge in [0.1, 0.15) is 23.7 Å². The zero-order chi connectivity index (χ0) is 20.8. The summed E-state index contributed by atoms with van der Waals surface area (Å²) in [6.07, 6.45) is 4.32. The average molecular weight is 405 g/mol. The number of rotatable bonds is 7. The minimum absolute atomic E-state index is 0.764. The van der Waals surface area contributed by atoms with E-state index in [1.54, 1.807) is 13.4 Å². The third-order valence-corrected chi connectivity index (χ3v) is 5.43. The van der Waals surface area contributed by atoms with E-state index < -0.39 is 0 Å². The van der Waals surface area contributed by atoms with Gasteiger partial charge in [-0.15, -0.1) is 0 Å². The zero-order valence-corrected chi connectivity index (χ0v) is 17.6. The van der Waals surface area contributed by atoms with Crippen LogP contribution in [-0.2, 0) is 6.42 Å². The van der Waals surface area contributed by atoms with Gasteiger partial charge in [-0.25, -0.2) is 15.0 Å². The highest BCUT2D eigenvalue weighted by molar-refractivity contribution is 5.65. The Labute approximate surface area is 177 Å². The van der Waals surface area contributed by atoms with Crippen LogP contribution in [0.15, 0.2) is 55.0 Å². The molecular formula is C23H28N6O. The summed E-state index contributed by atoms with van der Waals surface area (Å²) in [5.74, 6) is 2.73. The van der Waals surface area contributed by atoms with Crippen LogP contribution in [0.1, 0.15) is 5.56 Å². The summed E-state index contributed by atoms with van der Waals surface area (Å²) in [7, 11) is 3.86. The Hall–Kier alpha value is -3.19. The fourth-order valence-electron chi connectivity index (χ4n) is 3.63. The van der Waals surface area contributed by atoms with Gasteiger partial charge in [0.25, 0.3) is 0 Å². The summed E-state index contributed by atoms with van der Waals surface area (Å²) in [4.78, 5) is 18.1. The van der Waals surface area contributed by atoms with Crippen LogP contribution >= 0.6 is 0 Å². The standard InChI is InChI=1S/C23H28N6O/c1-28-11-13-29(14-12-28)23-15-19(8-10-25-23)20-16-22(27-17-26-20)24-9-7-18-5-3-4-6-21(18)30-2/h3-6,8,10,15-17H,7,9,11-14H2,1-2H3,(H,24,26,27). The number of hydrogen-bond acceptors (Lipinski definition) is 7. The number of nitrogens with one attached hydrogen (secondary N) is 1. The Kier molecular flexibility index (Phi) is 6.39. The number of para-hydroxylation sites is 1. The molecule has 7 nitrogen and oxygen atoms in total. The molecule has 156 valence electrons. The molecule has 0 unspecified atom stereocenters. The number of hydrogen-bond donors (Lipinski definition) is 1. The zero-order valence-electron chi connectivity index (χ0n) is 17.6. The second kappa shape index (κ2) is 9.54. The molecule has 1 aliphatic heterocycles. The summed E-state index contributed by atoms with van der Waals surface area (Å²) >= 11 is 0. The monoisotopic (exact) mass is 404 g/mol. The van der Waals surface area contributed by atoms with Gasteiger partial charge < -0.3 is 19.9 Å². The van der Waals surface area contributed by atoms with Crippen molar-refractivity contribution in [3.05, 3.63) is 60.6 Å². The first-order chi connectivity index (χ1) is 14.7. The molecule has 0 aliphatic carbocycles. The van der Waals surface area contributed by atoms with Crippen LogP contribution in [0.2, 0.25) is 0 Å². The quantitative estimate of drug-likeness (QED) is 0.649. The molecule has 1 aliphatic rings. The smallest absolute Gasteiger partial charge is 0.129 e. The molecule has 7 heteroatoms. The highest BCUT2D eigenvalue weighted by Gasteiger charge is 2.16. The maximum atomic E-state index is 5.43. The number of methoxy groups -OCH3 is 1. The van der Waals surface area contributed by atoms with Crippen molar-refractivity contribution in [2.45, 2.75) is 6.42 Å². The number of anilines is 2. The SMILES string of the molecule is COc1ccccc1CCNc1cc(-c2ccnc(N3CCN(C)CC3)c2)ncn1. The number of ether oxygens (including phenoxy) is 1. The van der Waals surface area contributed by atoms with Crippen molar-refractivity contribution in [3.63, 3.8) is 0 Å². The van der Waals surface area contributed by atoms with Crippen molar-refractivity contribution in [1.29, 1.82) is 0 Å². The highest BCUT2D eigenvalue weighted by atomic mass is 16.5. The molecule has 4 rings (SSSR count). The van der Waals surface area contributed by atoms with Gasteiger partial charge in [0.15, 0.2) is 0 Å². The van der Waals surface area contributed by atoms with Gasteiger partial charge in [0.05, 0.1) is 12.8 Å². The first kappa shape index (κ1) is 20.1. The van der Waals surface area contributed by atoms with Crippen molar-refractivity contribution >= 4 is 11.6 Å². The summed E-state index contributed by atoms with van der Waals surface area (Å²) in [6, 6.07) is 14.2. The van der Waals surface area contributed by atoms with Crippen LogP contribution in [0, 0.1) is 0 Å². The van der Waals surface area contributed by atoms with Crippen molar-refractivity contribution in [1.82, 2.24) is 19.9 Å². The molecule has 30 heavy (non-hydrogen) atoms. The van der Waals surface area contributed by atoms with E-state index in [1.165, 1.54) is 5.56 Å². The number of piperazine rings is 1. The van der Waals surface area contributed by atoms with E-state index in [0.717, 1.165) is 67.8 Å². The van der Waals surface area contributed by atoms with E-state index in [-0.39, 0.29) is 0 Å². The van der Waals surface area contributed by atoms with Crippen molar-refractivity contribution in [3.8, 4) is 17.0 Å². The molecule has 2 aromatic heterocycles. The number of likely N-dealkylation sites (N-methyl/N-ethyl adjacent to an activating group) is 1. The molecule has 1 N–H and O–H groups in total. The molecule has 0 spiro atoms. The third kappa shape index (κ3) is 4.86. The molecule has 1 saturated heterocycles. The lowest BCUT2D eigenvalue weighted by molar-refractivity contribution is 0.312. The maximum Gasteiger partial charge on any atom is 0.129 e. The minimum Gasteiger partial charge on any atom is -0.496 e. The van der Waals surface area contributed by atoms with E-state index in [9.17, 15) is 0 Å². The summed E-state index contributed by atoms with van der Waals surface area (Å²) in [5, 5.41) is 3.40. The largest absolute Gasteiger partial charge is 0.496 e. The van der Waals surface area contributed by atoms with E-state index in [0.29, 0.717) is 0 Å². The van der Waals surface area contributed by atoms with Gasteiger partial charge in [0.2, 0.25) is 0 Å². The lowest BCUT2D eigenvalue weighted by Crippen LogP contribution is -2.44. The van der Waals surface area contributed by atoms with Crippen LogP contribution < -0.4 is 15.0 Å². The fraction of sp³-hybridized carbons (Fsp3) is 0.348. The van der Waals surface area contributed by atoms with Gasteiger partial charge in [0, 0.05) is 50.6 Å². The van der Waals surface area contributed by atoms with Crippen molar-refractivity contribution in [2.75, 3.05) is 57.1 Å². The molecule has 0 saturated carbocycles. The number of pyridine rings is 1. The Bertz CT molecular complexity index is 971. The van der Waals surface area contributed by atoms with Crippen molar-refractivity contribution < 1.29 is 4.74 Å². The molecule has 3 heterocycles. The van der Waals surface area contributed by atoms with Crippen molar-refractivity contribution in [2.24, 2.45) is 0 Å². The normalized spacial score (nSPS) is 14.5. The fourth-order valence-corrected chi connectivity index (χ4v) is 3.63. The molecule has 0 amide bonds. The number of benzene rings is 1. The summed E-state index contributed by atoms with van der Waals surface area (Å²) in [6.45, 7) is 4.86. The van der Waals surface area contributed by atoms with Crippen LogP contribution in [0.3, 0.4) is 0 Å². The third-order valence-electron chi connectivity index (χ3n) is 5.43. The predicted octanol–water partition coefficient (Wildman–Crippen LogP) is 2.95. The minimum atomic E-state index is 0.764. The van der Waals surface area contributed by atoms with E-state index in [1.807, 2.05) is 36.5 Å². The van der Waals surface area contributed by atoms with Gasteiger partial charge in [-0.1, -0.05) is 18.2 Å². The van der Waals surface area contributed by atoms with Gasteiger partial charge in [-0.05, 0) is 37.2 Å². The Balaban J connectivity index is 1.42. The first-order valence-corrected chi connectivity index (χ1v) is 10.3. The van der Waals surface area contributed by atoms with E-state index in [4.69, 9.17) is 4.74 Å². The highest BCUT2D eigenvalue weighted by Crippen LogP contribution is 2.23. The van der Waals surface area contributed by atoms with E-state index >= 15 is 0 Å². The molecule has 1 aromatic carbocycles. The van der Waals surface area contributed by atoms with Crippen LogP contribution in [-0.4, -0.2) is 66.7 Å². The van der Waals surface area contributed by atoms with Crippen LogP contribution in [0.5, 0.6) is 5.75 Å². The van der Waals surface area contributed by atoms with Gasteiger partial charge in [-0.3, -0.25) is 0 Å². The Morgan fingerprint density at radius 1 is 1.00 bits per heavy atom. The Morgan fingerprint density at radius 3 is 2.67 bits per heavy atom. The second-order valence-corrected chi connectivity index (χ2v) is 7.47. The lowest BCUT2D eigenvalue weighted by atomic mass is 10.1. The maximum absolute atomic E-state index is 5.43. The second-order valence-electron chi connectivity index (χ2n) is 7.47. The van der Waals surface area contributed by atoms with E-state index in [2.05, 4.69) is 49.2 Å². The first-order valence-electron chi connectivity index (χ1n) is 10.3. The molecule has 1 fully saturated rings. The topological polar surface area (TPSA) is 66.4 Å². The lowest BCUT2D eigenvalue weighted by Gasteiger charge is -2.33. The average Bonchev–Trinajstić information content (AvgIpc) is 2.80. The number of nitrogens with zero attached hydrogens (tertiary/aromatic N) is 5. The molecular weight excluding hydrogens is 376 g/mol. The van der Waals surface area contributed by atoms with Crippen LogP contribution in [0.25, 0.3) is 11.3 Å². The Morgan fingerprint density at radius 2 is 1.83 bits per heavy atom. The number of aromatic nitrogens is 3.